The highest BCUT2D eigenvalue weighted by molar-refractivity contribution is 7.90. The first-order valence-corrected chi connectivity index (χ1v) is 7.42. The molecule has 0 fully saturated rings. The molecule has 1 atom stereocenters. The summed E-state index contributed by atoms with van der Waals surface area (Å²) < 4.78 is 29.9. The highest BCUT2D eigenvalue weighted by Crippen LogP contribution is 2.15. The Hall–Kier alpha value is -1.67. The van der Waals surface area contributed by atoms with Gasteiger partial charge in [-0.2, -0.15) is 12.7 Å². The summed E-state index contributed by atoms with van der Waals surface area (Å²) in [5.74, 6) is 0.396. The van der Waals surface area contributed by atoms with E-state index in [0.29, 0.717) is 11.5 Å². The maximum atomic E-state index is 12.2. The van der Waals surface area contributed by atoms with Gasteiger partial charge in [-0.1, -0.05) is 6.92 Å². The van der Waals surface area contributed by atoms with Gasteiger partial charge in [-0.25, -0.2) is 4.98 Å². The molecule has 0 saturated heterocycles. The Morgan fingerprint density at radius 2 is 2.21 bits per heavy atom. The number of hydrogen-bond donors (Lipinski definition) is 1. The molecule has 0 amide bonds. The summed E-state index contributed by atoms with van der Waals surface area (Å²) in [5, 5.41) is 0. The van der Waals surface area contributed by atoms with Crippen LogP contribution in [0, 0.1) is 0 Å². The molecule has 0 spiro atoms. The molecule has 8 heteroatoms. The van der Waals surface area contributed by atoms with E-state index in [0.717, 1.165) is 6.42 Å². The zero-order chi connectivity index (χ0) is 14.0. The van der Waals surface area contributed by atoms with Crippen LogP contribution in [0.15, 0.2) is 24.8 Å². The molecule has 0 aliphatic heterocycles. The van der Waals surface area contributed by atoms with E-state index < -0.39 is 10.2 Å². The molecular weight excluding hydrogens is 266 g/mol. The Balaban J connectivity index is 2.30. The van der Waals surface area contributed by atoms with Crippen LogP contribution in [0.3, 0.4) is 0 Å². The number of imidazole rings is 1. The topological polar surface area (TPSA) is 79.6 Å². The fourth-order valence-corrected chi connectivity index (χ4v) is 2.80. The van der Waals surface area contributed by atoms with Gasteiger partial charge in [-0.3, -0.25) is 14.1 Å². The first-order valence-electron chi connectivity index (χ1n) is 5.98. The minimum atomic E-state index is -3.58. The molecule has 0 aliphatic carbocycles. The van der Waals surface area contributed by atoms with Gasteiger partial charge in [0.05, 0.1) is 12.4 Å². The summed E-state index contributed by atoms with van der Waals surface area (Å²) in [4.78, 5) is 8.01. The molecule has 1 unspecified atom stereocenters. The number of anilines is 1. The minimum Gasteiger partial charge on any atom is -0.283 e. The molecule has 19 heavy (non-hydrogen) atoms. The van der Waals surface area contributed by atoms with E-state index in [1.54, 1.807) is 30.0 Å². The van der Waals surface area contributed by atoms with E-state index in [4.69, 9.17) is 0 Å². The Morgan fingerprint density at radius 1 is 1.47 bits per heavy atom. The lowest BCUT2D eigenvalue weighted by Crippen LogP contribution is -2.38. The molecule has 0 radical (unpaired) electrons. The lowest BCUT2D eigenvalue weighted by molar-refractivity contribution is 0.383. The molecule has 0 saturated carbocycles. The van der Waals surface area contributed by atoms with Gasteiger partial charge < -0.3 is 0 Å². The van der Waals surface area contributed by atoms with Crippen molar-refractivity contribution >= 4 is 21.7 Å². The minimum absolute atomic E-state index is 0.0710. The van der Waals surface area contributed by atoms with Crippen LogP contribution in [-0.4, -0.2) is 40.2 Å². The van der Waals surface area contributed by atoms with Crippen molar-refractivity contribution < 1.29 is 8.42 Å². The second kappa shape index (κ2) is 5.14. The number of hydrogen-bond acceptors (Lipinski definition) is 4. The van der Waals surface area contributed by atoms with Gasteiger partial charge in [0.15, 0.2) is 5.65 Å². The van der Waals surface area contributed by atoms with Crippen LogP contribution >= 0.6 is 0 Å². The van der Waals surface area contributed by atoms with E-state index in [1.807, 2.05) is 13.8 Å². The van der Waals surface area contributed by atoms with Gasteiger partial charge in [-0.15, -0.1) is 0 Å². The van der Waals surface area contributed by atoms with E-state index in [9.17, 15) is 8.42 Å². The van der Waals surface area contributed by atoms with Gasteiger partial charge in [0.1, 0.15) is 5.82 Å². The number of nitrogens with zero attached hydrogens (tertiary/aromatic N) is 4. The molecule has 7 nitrogen and oxygen atoms in total. The van der Waals surface area contributed by atoms with Crippen LogP contribution in [-0.2, 0) is 10.2 Å². The van der Waals surface area contributed by atoms with Crippen LogP contribution in [0.2, 0.25) is 0 Å². The molecular formula is C11H17N5O2S. The molecule has 2 rings (SSSR count). The molecule has 0 bridgehead atoms. The molecule has 2 aromatic heterocycles. The monoisotopic (exact) mass is 283 g/mol. The predicted octanol–water partition coefficient (Wildman–Crippen LogP) is 1.12. The first kappa shape index (κ1) is 13.8. The van der Waals surface area contributed by atoms with Crippen LogP contribution in [0.1, 0.15) is 20.3 Å². The van der Waals surface area contributed by atoms with Crippen molar-refractivity contribution in [3.05, 3.63) is 24.8 Å². The quantitative estimate of drug-likeness (QED) is 0.891. The third-order valence-electron chi connectivity index (χ3n) is 3.14. The van der Waals surface area contributed by atoms with Crippen LogP contribution in [0.25, 0.3) is 5.65 Å². The van der Waals surface area contributed by atoms with Gasteiger partial charge in [0.25, 0.3) is 0 Å². The van der Waals surface area contributed by atoms with Crippen molar-refractivity contribution in [1.82, 2.24) is 18.7 Å². The van der Waals surface area contributed by atoms with Gasteiger partial charge in [0, 0.05) is 25.5 Å². The van der Waals surface area contributed by atoms with Crippen molar-refractivity contribution in [2.75, 3.05) is 11.8 Å². The van der Waals surface area contributed by atoms with Crippen molar-refractivity contribution in [3.63, 3.8) is 0 Å². The van der Waals surface area contributed by atoms with E-state index >= 15 is 0 Å². The van der Waals surface area contributed by atoms with E-state index in [1.165, 1.54) is 10.5 Å². The number of fused-ring (bicyclic) bond motifs is 1. The SMILES string of the molecule is CCC(C)N(C)S(=O)(=O)Nc1cnc2cnccn12. The third kappa shape index (κ3) is 2.69. The average Bonchev–Trinajstić information content (AvgIpc) is 2.80. The summed E-state index contributed by atoms with van der Waals surface area (Å²) in [6.07, 6.45) is 7.01. The van der Waals surface area contributed by atoms with Crippen LogP contribution < -0.4 is 4.72 Å². The fraction of sp³-hybridized carbons (Fsp3) is 0.455. The normalized spacial score (nSPS) is 13.9. The van der Waals surface area contributed by atoms with E-state index in [2.05, 4.69) is 14.7 Å². The van der Waals surface area contributed by atoms with Crippen molar-refractivity contribution in [2.45, 2.75) is 26.3 Å². The number of rotatable bonds is 5. The van der Waals surface area contributed by atoms with Gasteiger partial charge in [0.2, 0.25) is 0 Å². The second-order valence-electron chi connectivity index (χ2n) is 4.33. The van der Waals surface area contributed by atoms with Gasteiger partial charge in [-0.05, 0) is 13.3 Å². The van der Waals surface area contributed by atoms with Crippen molar-refractivity contribution in [3.8, 4) is 0 Å². The number of aromatic nitrogens is 3. The van der Waals surface area contributed by atoms with Gasteiger partial charge >= 0.3 is 10.2 Å². The maximum Gasteiger partial charge on any atom is 0.302 e. The smallest absolute Gasteiger partial charge is 0.283 e. The highest BCUT2D eigenvalue weighted by atomic mass is 32.2. The summed E-state index contributed by atoms with van der Waals surface area (Å²) >= 11 is 0. The average molecular weight is 283 g/mol. The van der Waals surface area contributed by atoms with Crippen molar-refractivity contribution in [2.24, 2.45) is 0 Å². The Kier molecular flexibility index (Phi) is 3.72. The standard InChI is InChI=1S/C11H17N5O2S/c1-4-9(2)15(3)19(17,18)14-11-8-13-10-7-12-5-6-16(10)11/h5-9,14H,4H2,1-3H3. The Morgan fingerprint density at radius 3 is 2.89 bits per heavy atom. The Bertz CT molecular complexity index is 667. The molecule has 2 aromatic rings. The Labute approximate surface area is 112 Å². The third-order valence-corrected chi connectivity index (χ3v) is 4.73. The zero-order valence-corrected chi connectivity index (χ0v) is 11.9. The summed E-state index contributed by atoms with van der Waals surface area (Å²) in [5.41, 5.74) is 0.589. The van der Waals surface area contributed by atoms with Crippen LogP contribution in [0.4, 0.5) is 5.82 Å². The summed E-state index contributed by atoms with van der Waals surface area (Å²) in [7, 11) is -2.03. The fourth-order valence-electron chi connectivity index (χ4n) is 1.62. The highest BCUT2D eigenvalue weighted by Gasteiger charge is 2.23. The molecule has 1 N–H and O–H groups in total. The molecule has 0 aliphatic rings. The summed E-state index contributed by atoms with van der Waals surface area (Å²) in [6, 6.07) is -0.0710. The van der Waals surface area contributed by atoms with Crippen molar-refractivity contribution in [1.29, 1.82) is 0 Å². The molecule has 104 valence electrons. The van der Waals surface area contributed by atoms with Crippen LogP contribution in [0.5, 0.6) is 0 Å². The largest absolute Gasteiger partial charge is 0.302 e. The molecule has 0 aromatic carbocycles. The number of nitrogens with one attached hydrogen (secondary N) is 1. The summed E-state index contributed by atoms with van der Waals surface area (Å²) in [6.45, 7) is 3.80. The molecule has 2 heterocycles. The second-order valence-corrected chi connectivity index (χ2v) is 6.06. The zero-order valence-electron chi connectivity index (χ0n) is 11.1. The lowest BCUT2D eigenvalue weighted by Gasteiger charge is -2.23. The lowest BCUT2D eigenvalue weighted by atomic mass is 10.3. The first-order chi connectivity index (χ1) is 8.95. The maximum absolute atomic E-state index is 12.2. The predicted molar refractivity (Wildman–Crippen MR) is 73.0 cm³/mol. The van der Waals surface area contributed by atoms with E-state index in [-0.39, 0.29) is 6.04 Å².